The Hall–Kier alpha value is -2.43. The first-order valence-electron chi connectivity index (χ1n) is 5.62. The van der Waals surface area contributed by atoms with Crippen molar-refractivity contribution >= 4 is 11.0 Å². The smallest absolute Gasteiger partial charge is 0.157 e. The van der Waals surface area contributed by atoms with Gasteiger partial charge in [-0.1, -0.05) is 0 Å². The number of aromatic nitrogens is 4. The minimum atomic E-state index is 0.157. The van der Waals surface area contributed by atoms with Gasteiger partial charge in [0.15, 0.2) is 5.82 Å². The van der Waals surface area contributed by atoms with Crippen LogP contribution >= 0.6 is 0 Å². The van der Waals surface area contributed by atoms with Gasteiger partial charge in [-0.15, -0.1) is 0 Å². The van der Waals surface area contributed by atoms with Crippen LogP contribution in [-0.4, -0.2) is 25.0 Å². The Balaban J connectivity index is 2.19. The van der Waals surface area contributed by atoms with Crippen LogP contribution in [0.25, 0.3) is 22.6 Å². The third-order valence-corrected chi connectivity index (χ3v) is 2.79. The predicted molar refractivity (Wildman–Crippen MR) is 68.3 cm³/mol. The topological polar surface area (TPSA) is 74.7 Å². The Kier molecular flexibility index (Phi) is 2.26. The summed E-state index contributed by atoms with van der Waals surface area (Å²) in [5.74, 6) is 0.847. The Morgan fingerprint density at radius 2 is 1.94 bits per heavy atom. The number of aryl methyl sites for hydroxylation is 2. The molecule has 3 rings (SSSR count). The van der Waals surface area contributed by atoms with E-state index in [-0.39, 0.29) is 5.75 Å². The van der Waals surface area contributed by atoms with E-state index >= 15 is 0 Å². The monoisotopic (exact) mass is 240 g/mol. The maximum absolute atomic E-state index is 9.36. The molecule has 0 radical (unpaired) electrons. The number of H-pyrrole nitrogens is 1. The molecule has 0 saturated carbocycles. The van der Waals surface area contributed by atoms with E-state index in [1.165, 1.54) is 6.20 Å². The van der Waals surface area contributed by atoms with Crippen molar-refractivity contribution in [2.45, 2.75) is 13.8 Å². The first-order chi connectivity index (χ1) is 8.63. The average molecular weight is 240 g/mol. The zero-order valence-corrected chi connectivity index (χ0v) is 10.1. The highest BCUT2D eigenvalue weighted by molar-refractivity contribution is 5.78. The fraction of sp³-hybridized carbons (Fsp3) is 0.154. The highest BCUT2D eigenvalue weighted by atomic mass is 16.3. The Morgan fingerprint density at radius 1 is 1.11 bits per heavy atom. The molecule has 0 aliphatic carbocycles. The maximum atomic E-state index is 9.36. The van der Waals surface area contributed by atoms with E-state index in [1.807, 2.05) is 19.9 Å². The molecule has 0 amide bonds. The standard InChI is InChI=1S/C13H12N4O/c1-7-3-9(18)5-15-12(7)13-16-10-4-8(2)14-6-11(10)17-13/h3-6,18H,1-2H3,(H,16,17). The highest BCUT2D eigenvalue weighted by Crippen LogP contribution is 2.23. The van der Waals surface area contributed by atoms with Crippen LogP contribution in [0, 0.1) is 13.8 Å². The van der Waals surface area contributed by atoms with Gasteiger partial charge in [0, 0.05) is 5.69 Å². The lowest BCUT2D eigenvalue weighted by Gasteiger charge is -2.01. The van der Waals surface area contributed by atoms with Crippen LogP contribution in [0.15, 0.2) is 24.5 Å². The maximum Gasteiger partial charge on any atom is 0.157 e. The van der Waals surface area contributed by atoms with Crippen molar-refractivity contribution in [3.63, 3.8) is 0 Å². The molecule has 2 N–H and O–H groups in total. The molecule has 3 aromatic heterocycles. The molecule has 3 aromatic rings. The van der Waals surface area contributed by atoms with Crippen molar-refractivity contribution in [1.29, 1.82) is 0 Å². The highest BCUT2D eigenvalue weighted by Gasteiger charge is 2.10. The molecule has 0 fully saturated rings. The van der Waals surface area contributed by atoms with Crippen LogP contribution in [0.2, 0.25) is 0 Å². The first-order valence-corrected chi connectivity index (χ1v) is 5.62. The van der Waals surface area contributed by atoms with E-state index < -0.39 is 0 Å². The van der Waals surface area contributed by atoms with Crippen molar-refractivity contribution in [2.75, 3.05) is 0 Å². The van der Waals surface area contributed by atoms with E-state index in [0.717, 1.165) is 28.0 Å². The van der Waals surface area contributed by atoms with Gasteiger partial charge in [0.25, 0.3) is 0 Å². The van der Waals surface area contributed by atoms with Crippen molar-refractivity contribution in [3.05, 3.63) is 35.8 Å². The molecule has 0 unspecified atom stereocenters. The third kappa shape index (κ3) is 1.69. The fourth-order valence-corrected chi connectivity index (χ4v) is 1.93. The van der Waals surface area contributed by atoms with E-state index in [9.17, 15) is 5.11 Å². The lowest BCUT2D eigenvalue weighted by atomic mass is 10.2. The molecule has 0 aromatic carbocycles. The minimum Gasteiger partial charge on any atom is -0.506 e. The van der Waals surface area contributed by atoms with Crippen molar-refractivity contribution in [2.24, 2.45) is 0 Å². The van der Waals surface area contributed by atoms with Crippen molar-refractivity contribution < 1.29 is 5.11 Å². The second-order valence-electron chi connectivity index (χ2n) is 4.29. The van der Waals surface area contributed by atoms with Crippen LogP contribution < -0.4 is 0 Å². The lowest BCUT2D eigenvalue weighted by molar-refractivity contribution is 0.472. The van der Waals surface area contributed by atoms with Gasteiger partial charge in [-0.05, 0) is 31.5 Å². The van der Waals surface area contributed by atoms with Gasteiger partial charge in [-0.2, -0.15) is 0 Å². The molecule has 0 spiro atoms. The molecule has 0 saturated heterocycles. The van der Waals surface area contributed by atoms with Crippen LogP contribution in [0.4, 0.5) is 0 Å². The summed E-state index contributed by atoms with van der Waals surface area (Å²) in [4.78, 5) is 16.1. The van der Waals surface area contributed by atoms with Gasteiger partial charge in [0.2, 0.25) is 0 Å². The molecular formula is C13H12N4O. The van der Waals surface area contributed by atoms with E-state index in [1.54, 1.807) is 12.3 Å². The van der Waals surface area contributed by atoms with E-state index in [2.05, 4.69) is 19.9 Å². The zero-order valence-electron chi connectivity index (χ0n) is 10.1. The predicted octanol–water partition coefficient (Wildman–Crippen LogP) is 2.34. The number of aromatic amines is 1. The summed E-state index contributed by atoms with van der Waals surface area (Å²) in [6.07, 6.45) is 3.18. The van der Waals surface area contributed by atoms with Gasteiger partial charge in [0.05, 0.1) is 23.4 Å². The number of nitrogens with one attached hydrogen (secondary N) is 1. The number of pyridine rings is 2. The van der Waals surface area contributed by atoms with Crippen LogP contribution in [0.5, 0.6) is 5.75 Å². The largest absolute Gasteiger partial charge is 0.506 e. The van der Waals surface area contributed by atoms with Gasteiger partial charge in [-0.25, -0.2) is 9.97 Å². The number of hydrogen-bond acceptors (Lipinski definition) is 4. The van der Waals surface area contributed by atoms with Crippen molar-refractivity contribution in [3.8, 4) is 17.3 Å². The van der Waals surface area contributed by atoms with Gasteiger partial charge >= 0.3 is 0 Å². The molecule has 5 heteroatoms. The Morgan fingerprint density at radius 3 is 2.72 bits per heavy atom. The Labute approximate surface area is 104 Å². The molecule has 0 atom stereocenters. The molecule has 0 aliphatic rings. The SMILES string of the molecule is Cc1cc2nc(-c3ncc(O)cc3C)[nH]c2cn1. The quantitative estimate of drug-likeness (QED) is 0.684. The van der Waals surface area contributed by atoms with Gasteiger partial charge in [0.1, 0.15) is 11.4 Å². The van der Waals surface area contributed by atoms with Crippen molar-refractivity contribution in [1.82, 2.24) is 19.9 Å². The zero-order chi connectivity index (χ0) is 12.7. The third-order valence-electron chi connectivity index (χ3n) is 2.79. The molecule has 0 aliphatic heterocycles. The Bertz CT molecular complexity index is 733. The fourth-order valence-electron chi connectivity index (χ4n) is 1.93. The summed E-state index contributed by atoms with van der Waals surface area (Å²) in [5.41, 5.74) is 4.29. The summed E-state index contributed by atoms with van der Waals surface area (Å²) in [6.45, 7) is 3.82. The molecule has 18 heavy (non-hydrogen) atoms. The number of fused-ring (bicyclic) bond motifs is 1. The summed E-state index contributed by atoms with van der Waals surface area (Å²) in [5, 5.41) is 9.36. The normalized spacial score (nSPS) is 11.0. The second kappa shape index (κ2) is 3.80. The summed E-state index contributed by atoms with van der Waals surface area (Å²) in [6, 6.07) is 3.59. The summed E-state index contributed by atoms with van der Waals surface area (Å²) >= 11 is 0. The number of nitrogens with zero attached hydrogens (tertiary/aromatic N) is 3. The van der Waals surface area contributed by atoms with Crippen LogP contribution in [0.3, 0.4) is 0 Å². The number of imidazole rings is 1. The molecular weight excluding hydrogens is 228 g/mol. The van der Waals surface area contributed by atoms with E-state index in [0.29, 0.717) is 5.82 Å². The average Bonchev–Trinajstić information content (AvgIpc) is 2.71. The number of rotatable bonds is 1. The van der Waals surface area contributed by atoms with Gasteiger partial charge in [-0.3, -0.25) is 4.98 Å². The molecule has 90 valence electrons. The first kappa shape index (κ1) is 10.7. The number of hydrogen-bond donors (Lipinski definition) is 2. The second-order valence-corrected chi connectivity index (χ2v) is 4.29. The van der Waals surface area contributed by atoms with Crippen LogP contribution in [-0.2, 0) is 0 Å². The van der Waals surface area contributed by atoms with E-state index in [4.69, 9.17) is 0 Å². The number of aromatic hydroxyl groups is 1. The molecule has 3 heterocycles. The minimum absolute atomic E-state index is 0.157. The lowest BCUT2D eigenvalue weighted by Crippen LogP contribution is -1.89. The summed E-state index contributed by atoms with van der Waals surface area (Å²) in [7, 11) is 0. The molecule has 5 nitrogen and oxygen atoms in total. The summed E-state index contributed by atoms with van der Waals surface area (Å²) < 4.78 is 0. The van der Waals surface area contributed by atoms with Crippen LogP contribution in [0.1, 0.15) is 11.3 Å². The van der Waals surface area contributed by atoms with Gasteiger partial charge < -0.3 is 10.1 Å². The molecule has 0 bridgehead atoms.